The van der Waals surface area contributed by atoms with Crippen LogP contribution >= 0.6 is 0 Å². The maximum atomic E-state index is 5.01. The Morgan fingerprint density at radius 1 is 1.47 bits per heavy atom. The summed E-state index contributed by atoms with van der Waals surface area (Å²) < 4.78 is 5.01. The summed E-state index contributed by atoms with van der Waals surface area (Å²) in [5, 5.41) is 3.46. The first-order valence-corrected chi connectivity index (χ1v) is 5.58. The lowest BCUT2D eigenvalue weighted by Gasteiger charge is -2.25. The van der Waals surface area contributed by atoms with Crippen LogP contribution in [-0.4, -0.2) is 18.6 Å². The van der Waals surface area contributed by atoms with E-state index in [2.05, 4.69) is 16.4 Å². The summed E-state index contributed by atoms with van der Waals surface area (Å²) in [5.41, 5.74) is 1.22. The fourth-order valence-corrected chi connectivity index (χ4v) is 1.75. The monoisotopic (exact) mass is 206 g/mol. The van der Waals surface area contributed by atoms with E-state index in [1.54, 1.807) is 7.11 Å². The topological polar surface area (TPSA) is 34.1 Å². The van der Waals surface area contributed by atoms with Gasteiger partial charge in [-0.05, 0) is 30.9 Å². The maximum Gasteiger partial charge on any atom is 0.212 e. The van der Waals surface area contributed by atoms with Gasteiger partial charge >= 0.3 is 0 Å². The Balaban J connectivity index is 1.72. The Morgan fingerprint density at radius 2 is 2.33 bits per heavy atom. The molecule has 0 atom stereocenters. The quantitative estimate of drug-likeness (QED) is 0.800. The predicted octanol–water partition coefficient (Wildman–Crippen LogP) is 1.98. The third-order valence-electron chi connectivity index (χ3n) is 2.99. The molecule has 0 saturated heterocycles. The van der Waals surface area contributed by atoms with Crippen LogP contribution in [0.1, 0.15) is 24.8 Å². The van der Waals surface area contributed by atoms with Gasteiger partial charge in [-0.25, -0.2) is 4.98 Å². The summed E-state index contributed by atoms with van der Waals surface area (Å²) >= 11 is 0. The highest BCUT2D eigenvalue weighted by atomic mass is 16.5. The van der Waals surface area contributed by atoms with Crippen molar-refractivity contribution in [3.63, 3.8) is 0 Å². The van der Waals surface area contributed by atoms with E-state index in [9.17, 15) is 0 Å². The Hall–Kier alpha value is -1.09. The smallest absolute Gasteiger partial charge is 0.212 e. The fraction of sp³-hybridized carbons (Fsp3) is 0.583. The molecule has 1 aromatic rings. The van der Waals surface area contributed by atoms with E-state index < -0.39 is 0 Å². The molecule has 3 heteroatoms. The summed E-state index contributed by atoms with van der Waals surface area (Å²) in [6, 6.07) is 3.96. The second-order valence-corrected chi connectivity index (χ2v) is 4.14. The molecule has 0 unspecified atom stereocenters. The van der Waals surface area contributed by atoms with Crippen molar-refractivity contribution in [3.8, 4) is 5.88 Å². The van der Waals surface area contributed by atoms with E-state index in [1.807, 2.05) is 12.3 Å². The van der Waals surface area contributed by atoms with Gasteiger partial charge < -0.3 is 10.1 Å². The minimum atomic E-state index is 0.678. The molecule has 2 rings (SSSR count). The minimum absolute atomic E-state index is 0.678. The molecule has 0 spiro atoms. The minimum Gasteiger partial charge on any atom is -0.481 e. The lowest BCUT2D eigenvalue weighted by atomic mass is 9.85. The van der Waals surface area contributed by atoms with E-state index in [1.165, 1.54) is 24.8 Å². The standard InChI is InChI=1S/C12H18N2O/c1-15-12-6-5-11(9-14-12)8-13-7-10-3-2-4-10/h5-6,9-10,13H,2-4,7-8H2,1H3. The predicted molar refractivity (Wildman–Crippen MR) is 59.8 cm³/mol. The molecule has 1 heterocycles. The Morgan fingerprint density at radius 3 is 2.87 bits per heavy atom. The molecule has 0 bridgehead atoms. The summed E-state index contributed by atoms with van der Waals surface area (Å²) in [4.78, 5) is 4.17. The van der Waals surface area contributed by atoms with E-state index in [4.69, 9.17) is 4.74 Å². The summed E-state index contributed by atoms with van der Waals surface area (Å²) in [6.07, 6.45) is 6.07. The van der Waals surface area contributed by atoms with Gasteiger partial charge in [0.05, 0.1) is 7.11 Å². The average Bonchev–Trinajstić information content (AvgIpc) is 2.23. The summed E-state index contributed by atoms with van der Waals surface area (Å²) in [6.45, 7) is 2.06. The van der Waals surface area contributed by atoms with Crippen LogP contribution in [0.15, 0.2) is 18.3 Å². The molecular weight excluding hydrogens is 188 g/mol. The van der Waals surface area contributed by atoms with Crippen molar-refractivity contribution in [2.45, 2.75) is 25.8 Å². The second-order valence-electron chi connectivity index (χ2n) is 4.14. The van der Waals surface area contributed by atoms with Crippen molar-refractivity contribution in [1.29, 1.82) is 0 Å². The van der Waals surface area contributed by atoms with Crippen LogP contribution in [0.2, 0.25) is 0 Å². The Labute approximate surface area is 90.9 Å². The molecule has 1 saturated carbocycles. The SMILES string of the molecule is COc1ccc(CNCC2CCC2)cn1. The number of pyridine rings is 1. The first kappa shape index (κ1) is 10.4. The molecule has 0 aromatic carbocycles. The number of rotatable bonds is 5. The van der Waals surface area contributed by atoms with Gasteiger partial charge in [-0.2, -0.15) is 0 Å². The zero-order chi connectivity index (χ0) is 10.5. The molecular formula is C12H18N2O. The van der Waals surface area contributed by atoms with Crippen LogP contribution in [0.4, 0.5) is 0 Å². The van der Waals surface area contributed by atoms with Crippen molar-refractivity contribution in [1.82, 2.24) is 10.3 Å². The number of hydrogen-bond donors (Lipinski definition) is 1. The summed E-state index contributed by atoms with van der Waals surface area (Å²) in [7, 11) is 1.64. The maximum absolute atomic E-state index is 5.01. The molecule has 0 amide bonds. The van der Waals surface area contributed by atoms with Crippen molar-refractivity contribution in [3.05, 3.63) is 23.9 Å². The van der Waals surface area contributed by atoms with Crippen LogP contribution in [0.3, 0.4) is 0 Å². The first-order chi connectivity index (χ1) is 7.38. The van der Waals surface area contributed by atoms with E-state index in [-0.39, 0.29) is 0 Å². The summed E-state index contributed by atoms with van der Waals surface area (Å²) in [5.74, 6) is 1.59. The van der Waals surface area contributed by atoms with Gasteiger partial charge in [0.25, 0.3) is 0 Å². The molecule has 1 aliphatic carbocycles. The van der Waals surface area contributed by atoms with Gasteiger partial charge in [-0.3, -0.25) is 0 Å². The van der Waals surface area contributed by atoms with Crippen LogP contribution < -0.4 is 10.1 Å². The van der Waals surface area contributed by atoms with Crippen LogP contribution in [0, 0.1) is 5.92 Å². The first-order valence-electron chi connectivity index (χ1n) is 5.58. The normalized spacial score (nSPS) is 16.1. The number of nitrogens with one attached hydrogen (secondary N) is 1. The number of hydrogen-bond acceptors (Lipinski definition) is 3. The van der Waals surface area contributed by atoms with Gasteiger partial charge in [-0.15, -0.1) is 0 Å². The number of aromatic nitrogens is 1. The third-order valence-corrected chi connectivity index (χ3v) is 2.99. The van der Waals surface area contributed by atoms with E-state index in [0.29, 0.717) is 5.88 Å². The van der Waals surface area contributed by atoms with Crippen molar-refractivity contribution >= 4 is 0 Å². The number of nitrogens with zero attached hydrogens (tertiary/aromatic N) is 1. The molecule has 1 N–H and O–H groups in total. The lowest BCUT2D eigenvalue weighted by Crippen LogP contribution is -2.26. The van der Waals surface area contributed by atoms with Crippen LogP contribution in [-0.2, 0) is 6.54 Å². The second kappa shape index (κ2) is 5.12. The molecule has 1 aliphatic rings. The van der Waals surface area contributed by atoms with E-state index >= 15 is 0 Å². The Kier molecular flexibility index (Phi) is 3.56. The molecule has 0 radical (unpaired) electrons. The van der Waals surface area contributed by atoms with E-state index in [0.717, 1.165) is 19.0 Å². The highest BCUT2D eigenvalue weighted by Gasteiger charge is 2.16. The largest absolute Gasteiger partial charge is 0.481 e. The van der Waals surface area contributed by atoms with Gasteiger partial charge in [0.15, 0.2) is 0 Å². The highest BCUT2D eigenvalue weighted by molar-refractivity contribution is 5.17. The van der Waals surface area contributed by atoms with Crippen LogP contribution in [0.25, 0.3) is 0 Å². The number of methoxy groups -OCH3 is 1. The zero-order valence-corrected chi connectivity index (χ0v) is 9.20. The molecule has 15 heavy (non-hydrogen) atoms. The van der Waals surface area contributed by atoms with Gasteiger partial charge in [0, 0.05) is 18.8 Å². The van der Waals surface area contributed by atoms with Gasteiger partial charge in [0.1, 0.15) is 0 Å². The fourth-order valence-electron chi connectivity index (χ4n) is 1.75. The molecule has 1 aromatic heterocycles. The number of ether oxygens (including phenoxy) is 1. The highest BCUT2D eigenvalue weighted by Crippen LogP contribution is 2.25. The van der Waals surface area contributed by atoms with Crippen molar-refractivity contribution < 1.29 is 4.74 Å². The average molecular weight is 206 g/mol. The van der Waals surface area contributed by atoms with Crippen molar-refractivity contribution in [2.24, 2.45) is 5.92 Å². The third kappa shape index (κ3) is 2.93. The van der Waals surface area contributed by atoms with Gasteiger partial charge in [-0.1, -0.05) is 12.5 Å². The lowest BCUT2D eigenvalue weighted by molar-refractivity contribution is 0.301. The van der Waals surface area contributed by atoms with Gasteiger partial charge in [0.2, 0.25) is 5.88 Å². The van der Waals surface area contributed by atoms with Crippen LogP contribution in [0.5, 0.6) is 5.88 Å². The zero-order valence-electron chi connectivity index (χ0n) is 9.20. The molecule has 82 valence electrons. The molecule has 3 nitrogen and oxygen atoms in total. The Bertz CT molecular complexity index is 293. The molecule has 0 aliphatic heterocycles. The van der Waals surface area contributed by atoms with Crippen molar-refractivity contribution in [2.75, 3.05) is 13.7 Å². The molecule has 1 fully saturated rings.